The SMILES string of the molecule is Cc1ccc(S(=O)(=O)NCCC(=O)N2CC[C@@H]3CNC[C@@H]3CC2)cc1C. The van der Waals surface area contributed by atoms with Crippen LogP contribution in [0.25, 0.3) is 0 Å². The molecule has 2 aliphatic rings. The average molecular weight is 380 g/mol. The van der Waals surface area contributed by atoms with Crippen LogP contribution in [0, 0.1) is 25.7 Å². The monoisotopic (exact) mass is 379 g/mol. The molecule has 1 amide bonds. The van der Waals surface area contributed by atoms with Crippen LogP contribution in [0.5, 0.6) is 0 Å². The summed E-state index contributed by atoms with van der Waals surface area (Å²) in [6.45, 7) is 7.66. The van der Waals surface area contributed by atoms with Gasteiger partial charge in [0.1, 0.15) is 0 Å². The Balaban J connectivity index is 1.50. The second-order valence-electron chi connectivity index (χ2n) is 7.53. The number of likely N-dealkylation sites (tertiary alicyclic amines) is 1. The molecule has 0 saturated carbocycles. The molecule has 0 spiro atoms. The summed E-state index contributed by atoms with van der Waals surface area (Å²) >= 11 is 0. The fraction of sp³-hybridized carbons (Fsp3) is 0.632. The molecule has 2 fully saturated rings. The van der Waals surface area contributed by atoms with Crippen molar-refractivity contribution in [3.05, 3.63) is 29.3 Å². The van der Waals surface area contributed by atoms with E-state index in [1.165, 1.54) is 0 Å². The van der Waals surface area contributed by atoms with E-state index in [1.807, 2.05) is 18.7 Å². The fourth-order valence-corrected chi connectivity index (χ4v) is 5.00. The lowest BCUT2D eigenvalue weighted by molar-refractivity contribution is -0.131. The molecule has 1 aromatic carbocycles. The Morgan fingerprint density at radius 1 is 1.15 bits per heavy atom. The number of rotatable bonds is 5. The topological polar surface area (TPSA) is 78.5 Å². The van der Waals surface area contributed by atoms with E-state index in [0.29, 0.717) is 11.8 Å². The molecule has 2 aliphatic heterocycles. The third kappa shape index (κ3) is 4.45. The van der Waals surface area contributed by atoms with Crippen molar-refractivity contribution in [3.8, 4) is 0 Å². The first-order valence-corrected chi connectivity index (χ1v) is 10.9. The lowest BCUT2D eigenvalue weighted by Gasteiger charge is -2.21. The number of hydrogen-bond acceptors (Lipinski definition) is 4. The highest BCUT2D eigenvalue weighted by Crippen LogP contribution is 2.27. The average Bonchev–Trinajstić information content (AvgIpc) is 2.95. The summed E-state index contributed by atoms with van der Waals surface area (Å²) in [6, 6.07) is 5.08. The summed E-state index contributed by atoms with van der Waals surface area (Å²) in [5.74, 6) is 1.40. The molecule has 2 atom stereocenters. The number of benzene rings is 1. The minimum Gasteiger partial charge on any atom is -0.343 e. The Kier molecular flexibility index (Phi) is 5.99. The molecule has 0 aromatic heterocycles. The first-order chi connectivity index (χ1) is 12.4. The molecule has 2 heterocycles. The van der Waals surface area contributed by atoms with E-state index < -0.39 is 10.0 Å². The maximum absolute atomic E-state index is 12.5. The Labute approximate surface area is 156 Å². The van der Waals surface area contributed by atoms with Crippen molar-refractivity contribution in [2.45, 2.75) is 38.0 Å². The zero-order valence-corrected chi connectivity index (χ0v) is 16.4. The van der Waals surface area contributed by atoms with Crippen molar-refractivity contribution in [1.29, 1.82) is 0 Å². The van der Waals surface area contributed by atoms with Crippen molar-refractivity contribution in [2.75, 3.05) is 32.7 Å². The van der Waals surface area contributed by atoms with Crippen molar-refractivity contribution < 1.29 is 13.2 Å². The number of amides is 1. The van der Waals surface area contributed by atoms with E-state index in [1.54, 1.807) is 18.2 Å². The first-order valence-electron chi connectivity index (χ1n) is 9.42. The van der Waals surface area contributed by atoms with Crippen LogP contribution in [0.2, 0.25) is 0 Å². The molecule has 26 heavy (non-hydrogen) atoms. The predicted octanol–water partition coefficient (Wildman–Crippen LogP) is 1.43. The van der Waals surface area contributed by atoms with Crippen molar-refractivity contribution in [1.82, 2.24) is 14.9 Å². The highest BCUT2D eigenvalue weighted by atomic mass is 32.2. The molecule has 0 radical (unpaired) electrons. The van der Waals surface area contributed by atoms with Gasteiger partial charge in [0.25, 0.3) is 0 Å². The number of aryl methyl sites for hydroxylation is 2. The maximum Gasteiger partial charge on any atom is 0.240 e. The largest absolute Gasteiger partial charge is 0.343 e. The fourth-order valence-electron chi connectivity index (χ4n) is 3.88. The molecule has 144 valence electrons. The minimum atomic E-state index is -3.57. The lowest BCUT2D eigenvalue weighted by Crippen LogP contribution is -2.35. The number of carbonyl (C=O) groups excluding carboxylic acids is 1. The number of carbonyl (C=O) groups is 1. The lowest BCUT2D eigenvalue weighted by atomic mass is 9.92. The van der Waals surface area contributed by atoms with Crippen LogP contribution >= 0.6 is 0 Å². The van der Waals surface area contributed by atoms with Crippen LogP contribution in [0.3, 0.4) is 0 Å². The van der Waals surface area contributed by atoms with Gasteiger partial charge >= 0.3 is 0 Å². The van der Waals surface area contributed by atoms with E-state index >= 15 is 0 Å². The number of fused-ring (bicyclic) bond motifs is 1. The van der Waals surface area contributed by atoms with Gasteiger partial charge in [0.15, 0.2) is 0 Å². The van der Waals surface area contributed by atoms with Crippen molar-refractivity contribution in [3.63, 3.8) is 0 Å². The molecule has 0 aliphatic carbocycles. The normalized spacial score (nSPS) is 23.5. The van der Waals surface area contributed by atoms with Gasteiger partial charge in [-0.1, -0.05) is 6.07 Å². The summed E-state index contributed by atoms with van der Waals surface area (Å²) in [5.41, 5.74) is 1.99. The van der Waals surface area contributed by atoms with Crippen LogP contribution in [-0.4, -0.2) is 51.9 Å². The number of sulfonamides is 1. The highest BCUT2D eigenvalue weighted by Gasteiger charge is 2.31. The van der Waals surface area contributed by atoms with Crippen LogP contribution in [0.4, 0.5) is 0 Å². The first kappa shape index (κ1) is 19.3. The Hall–Kier alpha value is -1.44. The summed E-state index contributed by atoms with van der Waals surface area (Å²) in [6.07, 6.45) is 2.28. The molecule has 1 aromatic rings. The molecule has 2 N–H and O–H groups in total. The third-order valence-corrected chi connectivity index (χ3v) is 7.25. The van der Waals surface area contributed by atoms with Gasteiger partial charge in [0.05, 0.1) is 4.90 Å². The van der Waals surface area contributed by atoms with Gasteiger partial charge in [-0.05, 0) is 74.9 Å². The van der Waals surface area contributed by atoms with Crippen LogP contribution in [-0.2, 0) is 14.8 Å². The van der Waals surface area contributed by atoms with Crippen molar-refractivity contribution in [2.24, 2.45) is 11.8 Å². The van der Waals surface area contributed by atoms with E-state index in [0.717, 1.165) is 50.1 Å². The van der Waals surface area contributed by atoms with Gasteiger partial charge in [-0.2, -0.15) is 0 Å². The summed E-state index contributed by atoms with van der Waals surface area (Å²) in [4.78, 5) is 14.6. The number of nitrogens with zero attached hydrogens (tertiary/aromatic N) is 1. The quantitative estimate of drug-likeness (QED) is 0.811. The van der Waals surface area contributed by atoms with Gasteiger partial charge in [0, 0.05) is 26.1 Å². The van der Waals surface area contributed by atoms with E-state index in [2.05, 4.69) is 10.0 Å². The molecule has 2 saturated heterocycles. The van der Waals surface area contributed by atoms with Gasteiger partial charge in [-0.3, -0.25) is 4.79 Å². The highest BCUT2D eigenvalue weighted by molar-refractivity contribution is 7.89. The number of hydrogen-bond donors (Lipinski definition) is 2. The molecule has 3 rings (SSSR count). The number of nitrogens with one attached hydrogen (secondary N) is 2. The van der Waals surface area contributed by atoms with Gasteiger partial charge in [-0.25, -0.2) is 13.1 Å². The predicted molar refractivity (Wildman–Crippen MR) is 101 cm³/mol. The Morgan fingerprint density at radius 2 is 1.81 bits per heavy atom. The second kappa shape index (κ2) is 8.06. The summed E-state index contributed by atoms with van der Waals surface area (Å²) in [7, 11) is -3.57. The zero-order chi connectivity index (χ0) is 18.7. The summed E-state index contributed by atoms with van der Waals surface area (Å²) < 4.78 is 27.4. The van der Waals surface area contributed by atoms with Crippen molar-refractivity contribution >= 4 is 15.9 Å². The van der Waals surface area contributed by atoms with Crippen LogP contribution < -0.4 is 10.0 Å². The van der Waals surface area contributed by atoms with Crippen LogP contribution in [0.15, 0.2) is 23.1 Å². The molecule has 0 unspecified atom stereocenters. The van der Waals surface area contributed by atoms with E-state index in [-0.39, 0.29) is 23.8 Å². The Morgan fingerprint density at radius 3 is 2.42 bits per heavy atom. The molecular weight excluding hydrogens is 350 g/mol. The summed E-state index contributed by atoms with van der Waals surface area (Å²) in [5, 5.41) is 3.43. The molecule has 7 heteroatoms. The van der Waals surface area contributed by atoms with Crippen LogP contribution in [0.1, 0.15) is 30.4 Å². The molecule has 0 bridgehead atoms. The standard InChI is InChI=1S/C19H29N3O3S/c1-14-3-4-18(11-15(14)2)26(24,25)21-8-5-19(23)22-9-6-16-12-20-13-17(16)7-10-22/h3-4,11,16-17,20-21H,5-10,12-13H2,1-2H3/t16-,17+. The maximum atomic E-state index is 12.5. The van der Waals surface area contributed by atoms with Gasteiger partial charge < -0.3 is 10.2 Å². The second-order valence-corrected chi connectivity index (χ2v) is 9.30. The van der Waals surface area contributed by atoms with Gasteiger partial charge in [0.2, 0.25) is 15.9 Å². The van der Waals surface area contributed by atoms with E-state index in [4.69, 9.17) is 0 Å². The third-order valence-electron chi connectivity index (χ3n) is 5.79. The molecular formula is C19H29N3O3S. The van der Waals surface area contributed by atoms with E-state index in [9.17, 15) is 13.2 Å². The zero-order valence-electron chi connectivity index (χ0n) is 15.6. The van der Waals surface area contributed by atoms with Gasteiger partial charge in [-0.15, -0.1) is 0 Å². The molecule has 6 nitrogen and oxygen atoms in total. The Bertz CT molecular complexity index is 749. The minimum absolute atomic E-state index is 0.0423. The smallest absolute Gasteiger partial charge is 0.240 e.